The number of imide groups is 1. The number of nitrogens with one attached hydrogen (secondary N) is 2. The van der Waals surface area contributed by atoms with E-state index in [0.717, 1.165) is 43.4 Å². The van der Waals surface area contributed by atoms with Gasteiger partial charge < -0.3 is 15.4 Å². The molecule has 1 aromatic rings. The lowest BCUT2D eigenvalue weighted by molar-refractivity contribution is -0.136. The van der Waals surface area contributed by atoms with Crippen molar-refractivity contribution < 1.29 is 27.5 Å². The molecule has 1 aromatic carbocycles. The first-order valence-corrected chi connectivity index (χ1v) is 13.3. The van der Waals surface area contributed by atoms with Crippen LogP contribution in [0.4, 0.5) is 10.5 Å². The van der Waals surface area contributed by atoms with Crippen molar-refractivity contribution in [2.45, 2.75) is 62.3 Å². The first-order chi connectivity index (χ1) is 16.2. The van der Waals surface area contributed by atoms with Crippen LogP contribution in [0.1, 0.15) is 51.9 Å². The number of piperidine rings is 1. The zero-order chi connectivity index (χ0) is 24.5. The van der Waals surface area contributed by atoms with Crippen molar-refractivity contribution in [3.63, 3.8) is 0 Å². The summed E-state index contributed by atoms with van der Waals surface area (Å²) in [6.07, 6.45) is 5.83. The van der Waals surface area contributed by atoms with Crippen LogP contribution >= 0.6 is 0 Å². The Kier molecular flexibility index (Phi) is 6.86. The van der Waals surface area contributed by atoms with Crippen LogP contribution in [0.25, 0.3) is 0 Å². The minimum atomic E-state index is -3.80. The number of anilines is 1. The molecule has 4 amide bonds. The van der Waals surface area contributed by atoms with Gasteiger partial charge in [0, 0.05) is 18.8 Å². The molecule has 2 unspecified atom stereocenters. The highest BCUT2D eigenvalue weighted by atomic mass is 32.2. The second kappa shape index (κ2) is 9.53. The molecule has 2 aliphatic heterocycles. The number of hydrogen-bond donors (Lipinski definition) is 2. The standard InChI is InChI=1S/C23H32N4O6S/c1-16-8-4-5-11-23(16)21(29)27(22(30)25-23)15-20(28)24-17-9-10-18(33-2)19(14-17)34(31,32)26-12-6-3-7-13-26/h9-10,14,16H,3-8,11-13,15H2,1-2H3,(H,24,28)(H,25,30). The number of methoxy groups -OCH3 is 1. The normalized spacial score (nSPS) is 25.9. The maximum atomic E-state index is 13.2. The van der Waals surface area contributed by atoms with E-state index in [1.54, 1.807) is 0 Å². The molecule has 2 saturated heterocycles. The number of hydrogen-bond acceptors (Lipinski definition) is 6. The number of carbonyl (C=O) groups excluding carboxylic acids is 3. The predicted octanol–water partition coefficient (Wildman–Crippen LogP) is 2.31. The van der Waals surface area contributed by atoms with E-state index >= 15 is 0 Å². The van der Waals surface area contributed by atoms with Crippen molar-refractivity contribution in [3.05, 3.63) is 18.2 Å². The van der Waals surface area contributed by atoms with Crippen molar-refractivity contribution in [1.82, 2.24) is 14.5 Å². The molecular weight excluding hydrogens is 460 g/mol. The summed E-state index contributed by atoms with van der Waals surface area (Å²) in [5.41, 5.74) is -0.694. The number of nitrogens with zero attached hydrogens (tertiary/aromatic N) is 2. The molecule has 11 heteroatoms. The molecule has 3 fully saturated rings. The van der Waals surface area contributed by atoms with E-state index in [-0.39, 0.29) is 28.2 Å². The SMILES string of the molecule is COc1ccc(NC(=O)CN2C(=O)NC3(CCCCC3C)C2=O)cc1S(=O)(=O)N1CCCCC1. The molecule has 2 heterocycles. The van der Waals surface area contributed by atoms with Gasteiger partial charge in [0.2, 0.25) is 15.9 Å². The van der Waals surface area contributed by atoms with Crippen LogP contribution in [0.3, 0.4) is 0 Å². The topological polar surface area (TPSA) is 125 Å². The smallest absolute Gasteiger partial charge is 0.325 e. The minimum absolute atomic E-state index is 0.00472. The van der Waals surface area contributed by atoms with E-state index in [9.17, 15) is 22.8 Å². The molecule has 10 nitrogen and oxygen atoms in total. The lowest BCUT2D eigenvalue weighted by atomic mass is 9.73. The molecule has 1 spiro atoms. The zero-order valence-corrected chi connectivity index (χ0v) is 20.4. The van der Waals surface area contributed by atoms with E-state index in [1.165, 1.54) is 29.6 Å². The summed E-state index contributed by atoms with van der Waals surface area (Å²) < 4.78 is 33.1. The van der Waals surface area contributed by atoms with E-state index in [2.05, 4.69) is 10.6 Å². The summed E-state index contributed by atoms with van der Waals surface area (Å²) in [5.74, 6) is -0.778. The average molecular weight is 493 g/mol. The number of amides is 4. The second-order valence-electron chi connectivity index (χ2n) is 9.32. The molecule has 34 heavy (non-hydrogen) atoms. The third-order valence-electron chi connectivity index (χ3n) is 7.18. The van der Waals surface area contributed by atoms with Crippen LogP contribution in [0.2, 0.25) is 0 Å². The first kappa shape index (κ1) is 24.5. The first-order valence-electron chi connectivity index (χ1n) is 11.8. The van der Waals surface area contributed by atoms with Crippen molar-refractivity contribution in [2.24, 2.45) is 5.92 Å². The van der Waals surface area contributed by atoms with E-state index in [0.29, 0.717) is 19.5 Å². The largest absolute Gasteiger partial charge is 0.495 e. The molecule has 0 radical (unpaired) electrons. The molecule has 186 valence electrons. The van der Waals surface area contributed by atoms with Crippen molar-refractivity contribution in [2.75, 3.05) is 32.1 Å². The van der Waals surface area contributed by atoms with Crippen LogP contribution in [-0.4, -0.2) is 67.8 Å². The molecule has 2 atom stereocenters. The number of urea groups is 1. The fraction of sp³-hybridized carbons (Fsp3) is 0.609. The molecule has 4 rings (SSSR count). The van der Waals surface area contributed by atoms with Crippen LogP contribution < -0.4 is 15.4 Å². The van der Waals surface area contributed by atoms with Crippen LogP contribution in [0, 0.1) is 5.92 Å². The maximum absolute atomic E-state index is 13.2. The highest BCUT2D eigenvalue weighted by Gasteiger charge is 2.55. The van der Waals surface area contributed by atoms with Gasteiger partial charge in [-0.2, -0.15) is 4.31 Å². The monoisotopic (exact) mass is 492 g/mol. The van der Waals surface area contributed by atoms with Gasteiger partial charge in [-0.05, 0) is 49.8 Å². The molecule has 1 saturated carbocycles. The van der Waals surface area contributed by atoms with Gasteiger partial charge in [0.25, 0.3) is 5.91 Å². The lowest BCUT2D eigenvalue weighted by Gasteiger charge is -2.36. The maximum Gasteiger partial charge on any atom is 0.325 e. The predicted molar refractivity (Wildman–Crippen MR) is 125 cm³/mol. The Morgan fingerprint density at radius 1 is 1.18 bits per heavy atom. The third-order valence-corrected chi connectivity index (χ3v) is 9.10. The van der Waals surface area contributed by atoms with E-state index in [4.69, 9.17) is 4.74 Å². The van der Waals surface area contributed by atoms with Crippen molar-refractivity contribution in [3.8, 4) is 5.75 Å². The van der Waals surface area contributed by atoms with Gasteiger partial charge in [0.1, 0.15) is 22.7 Å². The summed E-state index contributed by atoms with van der Waals surface area (Å²) in [6.45, 7) is 2.38. The van der Waals surface area contributed by atoms with Crippen molar-refractivity contribution in [1.29, 1.82) is 0 Å². The number of ether oxygens (including phenoxy) is 1. The number of rotatable bonds is 6. The summed E-state index contributed by atoms with van der Waals surface area (Å²) in [6, 6.07) is 3.80. The molecule has 1 aliphatic carbocycles. The molecule has 2 N–H and O–H groups in total. The lowest BCUT2D eigenvalue weighted by Crippen LogP contribution is -2.54. The Labute approximate surface area is 200 Å². The van der Waals surface area contributed by atoms with Crippen LogP contribution in [0.5, 0.6) is 5.75 Å². The average Bonchev–Trinajstić information content (AvgIpc) is 3.06. The Balaban J connectivity index is 1.50. The summed E-state index contributed by atoms with van der Waals surface area (Å²) in [4.78, 5) is 39.3. The van der Waals surface area contributed by atoms with Gasteiger partial charge in [-0.3, -0.25) is 14.5 Å². The fourth-order valence-corrected chi connectivity index (χ4v) is 6.88. The van der Waals surface area contributed by atoms with Gasteiger partial charge in [-0.1, -0.05) is 26.2 Å². The highest BCUT2D eigenvalue weighted by Crippen LogP contribution is 2.38. The number of sulfonamides is 1. The number of benzene rings is 1. The van der Waals surface area contributed by atoms with Crippen LogP contribution in [0.15, 0.2) is 23.1 Å². The summed E-state index contributed by atoms with van der Waals surface area (Å²) >= 11 is 0. The van der Waals surface area contributed by atoms with Crippen LogP contribution in [-0.2, 0) is 19.6 Å². The molecule has 3 aliphatic rings. The molecular formula is C23H32N4O6S. The Morgan fingerprint density at radius 3 is 2.59 bits per heavy atom. The minimum Gasteiger partial charge on any atom is -0.495 e. The van der Waals surface area contributed by atoms with E-state index in [1.807, 2.05) is 6.92 Å². The van der Waals surface area contributed by atoms with Crippen molar-refractivity contribution >= 4 is 33.6 Å². The summed E-state index contributed by atoms with van der Waals surface area (Å²) in [5, 5.41) is 5.45. The van der Waals surface area contributed by atoms with E-state index < -0.39 is 34.0 Å². The highest BCUT2D eigenvalue weighted by molar-refractivity contribution is 7.89. The molecule has 0 aromatic heterocycles. The second-order valence-corrected chi connectivity index (χ2v) is 11.2. The Hall–Kier alpha value is -2.66. The van der Waals surface area contributed by atoms with Gasteiger partial charge in [0.05, 0.1) is 7.11 Å². The quantitative estimate of drug-likeness (QED) is 0.587. The van der Waals surface area contributed by atoms with Gasteiger partial charge in [0.15, 0.2) is 0 Å². The van der Waals surface area contributed by atoms with Gasteiger partial charge in [-0.25, -0.2) is 13.2 Å². The Morgan fingerprint density at radius 2 is 1.91 bits per heavy atom. The summed E-state index contributed by atoms with van der Waals surface area (Å²) in [7, 11) is -2.41. The van der Waals surface area contributed by atoms with Gasteiger partial charge >= 0.3 is 6.03 Å². The number of carbonyl (C=O) groups is 3. The zero-order valence-electron chi connectivity index (χ0n) is 19.6. The fourth-order valence-electron chi connectivity index (χ4n) is 5.18. The third kappa shape index (κ3) is 4.38. The Bertz CT molecular complexity index is 1080. The molecule has 0 bridgehead atoms. The van der Waals surface area contributed by atoms with Gasteiger partial charge in [-0.15, -0.1) is 0 Å².